The average Bonchev–Trinajstić information content (AvgIpc) is 2.70. The molecule has 1 aliphatic heterocycles. The van der Waals surface area contributed by atoms with Crippen LogP contribution >= 0.6 is 0 Å². The summed E-state index contributed by atoms with van der Waals surface area (Å²) in [5.74, 6) is 0.206. The molecule has 1 heterocycles. The first kappa shape index (κ1) is 16.3. The van der Waals surface area contributed by atoms with Gasteiger partial charge in [-0.05, 0) is 66.6 Å². The van der Waals surface area contributed by atoms with Crippen molar-refractivity contribution in [1.29, 1.82) is 0 Å². The number of benzene rings is 2. The number of carbonyl (C=O) groups excluding carboxylic acids is 1. The SMILES string of the molecule is CN1CC(=O)N[C@H](C[C@H]2Cc3cc(F)ccc3Cc3ccccc32)C1. The van der Waals surface area contributed by atoms with Crippen LogP contribution in [0.1, 0.15) is 34.6 Å². The number of nitrogens with zero attached hydrogens (tertiary/aromatic N) is 1. The third-order valence-corrected chi connectivity index (χ3v) is 5.39. The minimum absolute atomic E-state index is 0.0899. The van der Waals surface area contributed by atoms with Crippen LogP contribution in [0.25, 0.3) is 0 Å². The van der Waals surface area contributed by atoms with E-state index >= 15 is 0 Å². The lowest BCUT2D eigenvalue weighted by atomic mass is 9.85. The van der Waals surface area contributed by atoms with Gasteiger partial charge in [-0.15, -0.1) is 0 Å². The van der Waals surface area contributed by atoms with Crippen molar-refractivity contribution in [3.63, 3.8) is 0 Å². The summed E-state index contributed by atoms with van der Waals surface area (Å²) in [5, 5.41) is 3.13. The van der Waals surface area contributed by atoms with Crippen molar-refractivity contribution in [2.45, 2.75) is 31.2 Å². The number of halogens is 1. The summed E-state index contributed by atoms with van der Waals surface area (Å²) in [7, 11) is 1.98. The highest BCUT2D eigenvalue weighted by Crippen LogP contribution is 2.35. The van der Waals surface area contributed by atoms with E-state index < -0.39 is 0 Å². The van der Waals surface area contributed by atoms with E-state index in [0.717, 1.165) is 31.4 Å². The van der Waals surface area contributed by atoms with Crippen LogP contribution < -0.4 is 5.32 Å². The minimum atomic E-state index is -0.172. The van der Waals surface area contributed by atoms with Gasteiger partial charge in [-0.3, -0.25) is 9.69 Å². The number of fused-ring (bicyclic) bond motifs is 2. The molecule has 2 aliphatic rings. The summed E-state index contributed by atoms with van der Waals surface area (Å²) >= 11 is 0. The van der Waals surface area contributed by atoms with E-state index in [1.54, 1.807) is 12.1 Å². The molecule has 25 heavy (non-hydrogen) atoms. The highest BCUT2D eigenvalue weighted by atomic mass is 19.1. The van der Waals surface area contributed by atoms with Crippen LogP contribution in [-0.4, -0.2) is 37.0 Å². The Hall–Kier alpha value is -2.20. The van der Waals surface area contributed by atoms with E-state index in [-0.39, 0.29) is 23.7 Å². The molecule has 3 nitrogen and oxygen atoms in total. The third kappa shape index (κ3) is 3.45. The van der Waals surface area contributed by atoms with E-state index in [0.29, 0.717) is 6.54 Å². The van der Waals surface area contributed by atoms with Crippen LogP contribution in [0.2, 0.25) is 0 Å². The van der Waals surface area contributed by atoms with Gasteiger partial charge in [-0.25, -0.2) is 4.39 Å². The zero-order valence-corrected chi connectivity index (χ0v) is 14.5. The zero-order chi connectivity index (χ0) is 17.4. The highest BCUT2D eigenvalue weighted by Gasteiger charge is 2.28. The number of hydrogen-bond donors (Lipinski definition) is 1. The second kappa shape index (κ2) is 6.60. The second-order valence-electron chi connectivity index (χ2n) is 7.39. The number of likely N-dealkylation sites (N-methyl/N-ethyl adjacent to an activating group) is 1. The first-order chi connectivity index (χ1) is 12.1. The molecule has 0 aromatic heterocycles. The Morgan fingerprint density at radius 3 is 2.84 bits per heavy atom. The maximum Gasteiger partial charge on any atom is 0.234 e. The Morgan fingerprint density at radius 2 is 2.00 bits per heavy atom. The number of rotatable bonds is 2. The molecular formula is C21H23FN2O. The van der Waals surface area contributed by atoms with Crippen molar-refractivity contribution in [3.8, 4) is 0 Å². The maximum absolute atomic E-state index is 13.8. The second-order valence-corrected chi connectivity index (χ2v) is 7.39. The normalized spacial score (nSPS) is 23.4. The van der Waals surface area contributed by atoms with Crippen LogP contribution in [0.3, 0.4) is 0 Å². The molecule has 130 valence electrons. The van der Waals surface area contributed by atoms with Gasteiger partial charge in [-0.2, -0.15) is 0 Å². The lowest BCUT2D eigenvalue weighted by molar-refractivity contribution is -0.125. The summed E-state index contributed by atoms with van der Waals surface area (Å²) in [4.78, 5) is 13.9. The Bertz CT molecular complexity index is 804. The molecule has 1 saturated heterocycles. The van der Waals surface area contributed by atoms with Crippen molar-refractivity contribution in [3.05, 3.63) is 70.5 Å². The van der Waals surface area contributed by atoms with E-state index in [1.165, 1.54) is 16.7 Å². The van der Waals surface area contributed by atoms with E-state index in [1.807, 2.05) is 13.1 Å². The quantitative estimate of drug-likeness (QED) is 0.913. The molecule has 0 spiro atoms. The van der Waals surface area contributed by atoms with Gasteiger partial charge in [0.25, 0.3) is 0 Å². The summed E-state index contributed by atoms with van der Waals surface area (Å²) in [5.41, 5.74) is 4.95. The molecular weight excluding hydrogens is 315 g/mol. The minimum Gasteiger partial charge on any atom is -0.351 e. The predicted octanol–water partition coefficient (Wildman–Crippen LogP) is 2.88. The molecule has 4 heteroatoms. The van der Waals surface area contributed by atoms with Crippen LogP contribution in [0, 0.1) is 5.82 Å². The number of piperazine rings is 1. The standard InChI is InChI=1S/C21H23FN2O/c1-24-12-19(23-21(25)13-24)11-17-9-16-10-18(22)7-6-14(16)8-15-4-2-3-5-20(15)17/h2-7,10,17,19H,8-9,11-13H2,1H3,(H,23,25)/t17-,19-/m1/s1. The maximum atomic E-state index is 13.8. The average molecular weight is 338 g/mol. The fourth-order valence-corrected chi connectivity index (χ4v) is 4.32. The van der Waals surface area contributed by atoms with E-state index in [9.17, 15) is 9.18 Å². The molecule has 0 unspecified atom stereocenters. The van der Waals surface area contributed by atoms with Gasteiger partial charge >= 0.3 is 0 Å². The van der Waals surface area contributed by atoms with Gasteiger partial charge in [0.05, 0.1) is 6.54 Å². The molecule has 2 atom stereocenters. The summed E-state index contributed by atoms with van der Waals surface area (Å²) in [6.45, 7) is 1.33. The van der Waals surface area contributed by atoms with Crippen LogP contribution in [0.4, 0.5) is 4.39 Å². The van der Waals surface area contributed by atoms with Crippen molar-refractivity contribution < 1.29 is 9.18 Å². The molecule has 1 aliphatic carbocycles. The Labute approximate surface area is 147 Å². The Morgan fingerprint density at radius 1 is 1.16 bits per heavy atom. The monoisotopic (exact) mass is 338 g/mol. The number of nitrogens with one attached hydrogen (secondary N) is 1. The fraction of sp³-hybridized carbons (Fsp3) is 0.381. The smallest absolute Gasteiger partial charge is 0.234 e. The number of hydrogen-bond acceptors (Lipinski definition) is 2. The first-order valence-corrected chi connectivity index (χ1v) is 8.91. The molecule has 0 radical (unpaired) electrons. The van der Waals surface area contributed by atoms with Crippen molar-refractivity contribution >= 4 is 5.91 Å². The molecule has 0 bridgehead atoms. The van der Waals surface area contributed by atoms with Crippen molar-refractivity contribution in [2.24, 2.45) is 0 Å². The van der Waals surface area contributed by atoms with Gasteiger partial charge < -0.3 is 5.32 Å². The van der Waals surface area contributed by atoms with Crippen LogP contribution in [-0.2, 0) is 17.6 Å². The van der Waals surface area contributed by atoms with Gasteiger partial charge in [-0.1, -0.05) is 30.3 Å². The van der Waals surface area contributed by atoms with Crippen LogP contribution in [0.5, 0.6) is 0 Å². The highest BCUT2D eigenvalue weighted by molar-refractivity contribution is 5.79. The molecule has 2 aromatic rings. The number of carbonyl (C=O) groups is 1. The Balaban J connectivity index is 1.66. The lowest BCUT2D eigenvalue weighted by Crippen LogP contribution is -2.53. The molecule has 1 amide bonds. The summed E-state index contributed by atoms with van der Waals surface area (Å²) in [6.07, 6.45) is 2.54. The fourth-order valence-electron chi connectivity index (χ4n) is 4.32. The van der Waals surface area contributed by atoms with Gasteiger partial charge in [0.15, 0.2) is 0 Å². The predicted molar refractivity (Wildman–Crippen MR) is 96.1 cm³/mol. The Kier molecular flexibility index (Phi) is 4.30. The molecule has 1 fully saturated rings. The zero-order valence-electron chi connectivity index (χ0n) is 14.5. The number of amides is 1. The first-order valence-electron chi connectivity index (χ1n) is 8.91. The van der Waals surface area contributed by atoms with Gasteiger partial charge in [0.1, 0.15) is 5.82 Å². The van der Waals surface area contributed by atoms with E-state index in [4.69, 9.17) is 0 Å². The van der Waals surface area contributed by atoms with Gasteiger partial charge in [0, 0.05) is 12.6 Å². The van der Waals surface area contributed by atoms with Gasteiger partial charge in [0.2, 0.25) is 5.91 Å². The molecule has 0 saturated carbocycles. The summed E-state index contributed by atoms with van der Waals surface area (Å²) < 4.78 is 13.8. The molecule has 2 aromatic carbocycles. The van der Waals surface area contributed by atoms with Crippen molar-refractivity contribution in [2.75, 3.05) is 20.1 Å². The third-order valence-electron chi connectivity index (χ3n) is 5.39. The van der Waals surface area contributed by atoms with Crippen LogP contribution in [0.15, 0.2) is 42.5 Å². The lowest BCUT2D eigenvalue weighted by Gasteiger charge is -2.33. The van der Waals surface area contributed by atoms with Crippen molar-refractivity contribution in [1.82, 2.24) is 10.2 Å². The summed E-state index contributed by atoms with van der Waals surface area (Å²) in [6, 6.07) is 13.8. The topological polar surface area (TPSA) is 32.3 Å². The molecule has 4 rings (SSSR count). The largest absolute Gasteiger partial charge is 0.351 e. The molecule has 1 N–H and O–H groups in total. The van der Waals surface area contributed by atoms with E-state index in [2.05, 4.69) is 34.5 Å².